The number of carbonyl (C=O) groups is 1. The Kier molecular flexibility index (Phi) is 4.43. The first-order valence-corrected chi connectivity index (χ1v) is 8.00. The molecule has 0 bridgehead atoms. The number of benzene rings is 1. The van der Waals surface area contributed by atoms with Gasteiger partial charge in [-0.1, -0.05) is 13.0 Å². The minimum Gasteiger partial charge on any atom is -0.342 e. The van der Waals surface area contributed by atoms with Crippen LogP contribution in [0.25, 0.3) is 0 Å². The molecule has 1 aromatic carbocycles. The summed E-state index contributed by atoms with van der Waals surface area (Å²) in [7, 11) is 0. The molecule has 1 aliphatic heterocycles. The number of piperidine rings is 1. The Morgan fingerprint density at radius 3 is 2.68 bits per heavy atom. The van der Waals surface area contributed by atoms with Gasteiger partial charge in [-0.25, -0.2) is 8.78 Å². The molecule has 1 saturated carbocycles. The van der Waals surface area contributed by atoms with Gasteiger partial charge in [-0.05, 0) is 42.9 Å². The number of likely N-dealkylation sites (tertiary alicyclic amines) is 1. The maximum absolute atomic E-state index is 13.2. The molecule has 0 spiro atoms. The first-order chi connectivity index (χ1) is 10.5. The summed E-state index contributed by atoms with van der Waals surface area (Å²) < 4.78 is 26.1. The van der Waals surface area contributed by atoms with E-state index in [2.05, 4.69) is 12.2 Å². The van der Waals surface area contributed by atoms with E-state index < -0.39 is 11.6 Å². The number of nitrogens with one attached hydrogen (secondary N) is 1. The fraction of sp³-hybridized carbons (Fsp3) is 0.588. The standard InChI is InChI=1S/C17H22F2N2O/c1-11-10-21(17(22)13-3-4-13)7-6-16(11)20-9-12-2-5-14(18)15(19)8-12/h2,5,8,11,13,16,20H,3-4,6-7,9-10H2,1H3/t11-,16+/m1/s1. The molecule has 1 aliphatic carbocycles. The van der Waals surface area contributed by atoms with Gasteiger partial charge in [0.2, 0.25) is 5.91 Å². The molecule has 1 N–H and O–H groups in total. The van der Waals surface area contributed by atoms with Crippen LogP contribution < -0.4 is 5.32 Å². The van der Waals surface area contributed by atoms with Crippen LogP contribution in [-0.4, -0.2) is 29.9 Å². The Morgan fingerprint density at radius 2 is 2.05 bits per heavy atom. The number of rotatable bonds is 4. The third-order valence-electron chi connectivity index (χ3n) is 4.70. The van der Waals surface area contributed by atoms with Crippen LogP contribution in [0.3, 0.4) is 0 Å². The lowest BCUT2D eigenvalue weighted by atomic mass is 9.93. The Hall–Kier alpha value is -1.49. The van der Waals surface area contributed by atoms with Crippen molar-refractivity contribution in [2.75, 3.05) is 13.1 Å². The van der Waals surface area contributed by atoms with Crippen molar-refractivity contribution in [2.24, 2.45) is 11.8 Å². The molecule has 3 nitrogen and oxygen atoms in total. The predicted octanol–water partition coefficient (Wildman–Crippen LogP) is 2.70. The highest BCUT2D eigenvalue weighted by molar-refractivity contribution is 5.81. The minimum absolute atomic E-state index is 0.277. The lowest BCUT2D eigenvalue weighted by Crippen LogP contribution is -2.50. The summed E-state index contributed by atoms with van der Waals surface area (Å²) in [6, 6.07) is 4.30. The van der Waals surface area contributed by atoms with Gasteiger partial charge in [0.1, 0.15) is 0 Å². The summed E-state index contributed by atoms with van der Waals surface area (Å²) in [6.45, 7) is 4.22. The topological polar surface area (TPSA) is 32.3 Å². The Balaban J connectivity index is 1.51. The summed E-state index contributed by atoms with van der Waals surface area (Å²) in [5.74, 6) is -0.673. The normalized spacial score (nSPS) is 25.3. The van der Waals surface area contributed by atoms with Crippen LogP contribution in [0.4, 0.5) is 8.78 Å². The zero-order valence-electron chi connectivity index (χ0n) is 12.8. The SMILES string of the molecule is C[C@@H]1CN(C(=O)C2CC2)CC[C@@H]1NCc1ccc(F)c(F)c1. The highest BCUT2D eigenvalue weighted by Gasteiger charge is 2.36. The smallest absolute Gasteiger partial charge is 0.225 e. The number of hydrogen-bond acceptors (Lipinski definition) is 2. The molecule has 1 amide bonds. The van der Waals surface area contributed by atoms with Crippen LogP contribution >= 0.6 is 0 Å². The summed E-state index contributed by atoms with van der Waals surface area (Å²) in [4.78, 5) is 14.1. The maximum atomic E-state index is 13.2. The molecule has 0 aromatic heterocycles. The second-order valence-corrected chi connectivity index (χ2v) is 6.56. The first kappa shape index (κ1) is 15.4. The predicted molar refractivity (Wildman–Crippen MR) is 80.1 cm³/mol. The third kappa shape index (κ3) is 3.46. The monoisotopic (exact) mass is 308 g/mol. The molecular formula is C17H22F2N2O. The van der Waals surface area contributed by atoms with Crippen molar-refractivity contribution in [1.29, 1.82) is 0 Å². The zero-order chi connectivity index (χ0) is 15.7. The van der Waals surface area contributed by atoms with Crippen LogP contribution in [-0.2, 0) is 11.3 Å². The van der Waals surface area contributed by atoms with Gasteiger partial charge in [0.05, 0.1) is 0 Å². The van der Waals surface area contributed by atoms with Gasteiger partial charge in [-0.3, -0.25) is 4.79 Å². The third-order valence-corrected chi connectivity index (χ3v) is 4.70. The van der Waals surface area contributed by atoms with Crippen LogP contribution in [0.1, 0.15) is 31.7 Å². The molecule has 0 radical (unpaired) electrons. The van der Waals surface area contributed by atoms with Gasteiger partial charge in [-0.2, -0.15) is 0 Å². The second kappa shape index (κ2) is 6.32. The van der Waals surface area contributed by atoms with E-state index in [-0.39, 0.29) is 5.92 Å². The molecule has 1 saturated heterocycles. The van der Waals surface area contributed by atoms with Crippen LogP contribution in [0.15, 0.2) is 18.2 Å². The van der Waals surface area contributed by atoms with E-state index in [9.17, 15) is 13.6 Å². The van der Waals surface area contributed by atoms with E-state index >= 15 is 0 Å². The average Bonchev–Trinajstić information content (AvgIpc) is 3.33. The quantitative estimate of drug-likeness (QED) is 0.927. The largest absolute Gasteiger partial charge is 0.342 e. The highest BCUT2D eigenvalue weighted by Crippen LogP contribution is 2.32. The molecule has 2 aliphatic rings. The van der Waals surface area contributed by atoms with E-state index in [1.54, 1.807) is 6.07 Å². The van der Waals surface area contributed by atoms with Crippen LogP contribution in [0.2, 0.25) is 0 Å². The molecule has 22 heavy (non-hydrogen) atoms. The molecule has 3 rings (SSSR count). The lowest BCUT2D eigenvalue weighted by Gasteiger charge is -2.37. The Morgan fingerprint density at radius 1 is 1.27 bits per heavy atom. The van der Waals surface area contributed by atoms with Gasteiger partial charge in [-0.15, -0.1) is 0 Å². The van der Waals surface area contributed by atoms with Crippen LogP contribution in [0, 0.1) is 23.5 Å². The molecule has 2 fully saturated rings. The molecule has 1 heterocycles. The number of amides is 1. The van der Waals surface area contributed by atoms with Crippen molar-refractivity contribution in [2.45, 2.75) is 38.8 Å². The van der Waals surface area contributed by atoms with Gasteiger partial charge >= 0.3 is 0 Å². The van der Waals surface area contributed by atoms with Gasteiger partial charge < -0.3 is 10.2 Å². The number of nitrogens with zero attached hydrogens (tertiary/aromatic N) is 1. The minimum atomic E-state index is -0.816. The molecule has 0 unspecified atom stereocenters. The fourth-order valence-electron chi connectivity index (χ4n) is 3.14. The van der Waals surface area contributed by atoms with Crippen molar-refractivity contribution in [3.05, 3.63) is 35.4 Å². The van der Waals surface area contributed by atoms with Crippen molar-refractivity contribution in [1.82, 2.24) is 10.2 Å². The van der Waals surface area contributed by atoms with E-state index in [0.717, 1.165) is 44.0 Å². The van der Waals surface area contributed by atoms with Crippen molar-refractivity contribution in [3.63, 3.8) is 0 Å². The Labute approximate surface area is 129 Å². The molecule has 2 atom stereocenters. The zero-order valence-corrected chi connectivity index (χ0v) is 12.8. The first-order valence-electron chi connectivity index (χ1n) is 8.00. The van der Waals surface area contributed by atoms with Crippen molar-refractivity contribution >= 4 is 5.91 Å². The molecule has 5 heteroatoms. The van der Waals surface area contributed by atoms with Crippen molar-refractivity contribution < 1.29 is 13.6 Å². The molecule has 120 valence electrons. The second-order valence-electron chi connectivity index (χ2n) is 6.56. The summed E-state index contributed by atoms with van der Waals surface area (Å²) in [6.07, 6.45) is 2.99. The van der Waals surface area contributed by atoms with E-state index in [1.165, 1.54) is 6.07 Å². The lowest BCUT2D eigenvalue weighted by molar-refractivity contribution is -0.134. The molecular weight excluding hydrogens is 286 g/mol. The van der Waals surface area contributed by atoms with E-state index in [0.29, 0.717) is 24.4 Å². The summed E-state index contributed by atoms with van der Waals surface area (Å²) in [5.41, 5.74) is 0.739. The Bertz CT molecular complexity index is 560. The number of hydrogen-bond donors (Lipinski definition) is 1. The van der Waals surface area contributed by atoms with Gasteiger partial charge in [0.25, 0.3) is 0 Å². The maximum Gasteiger partial charge on any atom is 0.225 e. The fourth-order valence-corrected chi connectivity index (χ4v) is 3.14. The van der Waals surface area contributed by atoms with Gasteiger partial charge in [0, 0.05) is 31.6 Å². The average molecular weight is 308 g/mol. The van der Waals surface area contributed by atoms with Gasteiger partial charge in [0.15, 0.2) is 11.6 Å². The van der Waals surface area contributed by atoms with Crippen LogP contribution in [0.5, 0.6) is 0 Å². The molecule has 1 aromatic rings. The summed E-state index contributed by atoms with van der Waals surface area (Å²) >= 11 is 0. The van der Waals surface area contributed by atoms with E-state index in [4.69, 9.17) is 0 Å². The number of carbonyl (C=O) groups excluding carboxylic acids is 1. The summed E-state index contributed by atoms with van der Waals surface area (Å²) in [5, 5.41) is 3.41. The van der Waals surface area contributed by atoms with E-state index in [1.807, 2.05) is 4.90 Å². The van der Waals surface area contributed by atoms with Crippen molar-refractivity contribution in [3.8, 4) is 0 Å². The highest BCUT2D eigenvalue weighted by atomic mass is 19.2. The number of halogens is 2.